The smallest absolute Gasteiger partial charge is 0.409 e. The van der Waals surface area contributed by atoms with Gasteiger partial charge in [-0.25, -0.2) is 4.79 Å². The molecular formula is C8H16N2O3. The van der Waals surface area contributed by atoms with Gasteiger partial charge in [-0.3, -0.25) is 4.79 Å². The molecule has 0 unspecified atom stereocenters. The van der Waals surface area contributed by atoms with Gasteiger partial charge < -0.3 is 15.0 Å². The normalized spacial score (nSPS) is 9.15. The van der Waals surface area contributed by atoms with Crippen molar-refractivity contribution in [3.05, 3.63) is 0 Å². The van der Waals surface area contributed by atoms with Gasteiger partial charge in [-0.1, -0.05) is 0 Å². The Morgan fingerprint density at radius 1 is 1.46 bits per heavy atom. The second-order valence-corrected chi connectivity index (χ2v) is 2.73. The molecule has 0 radical (unpaired) electrons. The van der Waals surface area contributed by atoms with E-state index in [1.54, 1.807) is 7.05 Å². The number of amides is 2. The Balaban J connectivity index is 3.42. The Morgan fingerprint density at radius 2 is 2.08 bits per heavy atom. The van der Waals surface area contributed by atoms with Crippen molar-refractivity contribution >= 4 is 12.0 Å². The zero-order valence-corrected chi connectivity index (χ0v) is 8.29. The standard InChI is InChI=1S/C8H16N2O3/c1-7(11)9-5-4-6-10(2)8(12)13-3/h4-6H2,1-3H3,(H,9,11). The highest BCUT2D eigenvalue weighted by atomic mass is 16.5. The molecule has 0 rings (SSSR count). The zero-order valence-electron chi connectivity index (χ0n) is 8.29. The van der Waals surface area contributed by atoms with E-state index in [4.69, 9.17) is 0 Å². The van der Waals surface area contributed by atoms with Gasteiger partial charge in [0, 0.05) is 27.1 Å². The number of methoxy groups -OCH3 is 1. The topological polar surface area (TPSA) is 58.6 Å². The third-order valence-corrected chi connectivity index (χ3v) is 1.53. The van der Waals surface area contributed by atoms with Crippen LogP contribution in [0.5, 0.6) is 0 Å². The average Bonchev–Trinajstić information content (AvgIpc) is 2.10. The van der Waals surface area contributed by atoms with Crippen molar-refractivity contribution in [1.29, 1.82) is 0 Å². The van der Waals surface area contributed by atoms with E-state index in [0.29, 0.717) is 13.1 Å². The van der Waals surface area contributed by atoms with Crippen LogP contribution in [0.25, 0.3) is 0 Å². The summed E-state index contributed by atoms with van der Waals surface area (Å²) in [6, 6.07) is 0. The van der Waals surface area contributed by atoms with Crippen molar-refractivity contribution < 1.29 is 14.3 Å². The van der Waals surface area contributed by atoms with Crippen molar-refractivity contribution in [3.8, 4) is 0 Å². The summed E-state index contributed by atoms with van der Waals surface area (Å²) in [5.41, 5.74) is 0. The molecule has 5 nitrogen and oxygen atoms in total. The van der Waals surface area contributed by atoms with Crippen LogP contribution in [0.1, 0.15) is 13.3 Å². The molecule has 0 saturated heterocycles. The summed E-state index contributed by atoms with van der Waals surface area (Å²) >= 11 is 0. The Hall–Kier alpha value is -1.26. The summed E-state index contributed by atoms with van der Waals surface area (Å²) < 4.78 is 4.49. The quantitative estimate of drug-likeness (QED) is 0.642. The highest BCUT2D eigenvalue weighted by Gasteiger charge is 2.06. The zero-order chi connectivity index (χ0) is 10.3. The first-order valence-corrected chi connectivity index (χ1v) is 4.11. The maximum absolute atomic E-state index is 10.9. The summed E-state index contributed by atoms with van der Waals surface area (Å²) in [5, 5.41) is 2.64. The first-order valence-electron chi connectivity index (χ1n) is 4.11. The van der Waals surface area contributed by atoms with Crippen LogP contribution in [0.2, 0.25) is 0 Å². The number of hydrogen-bond donors (Lipinski definition) is 1. The van der Waals surface area contributed by atoms with E-state index < -0.39 is 0 Å². The minimum atomic E-state index is -0.358. The SMILES string of the molecule is COC(=O)N(C)CCCNC(C)=O. The van der Waals surface area contributed by atoms with Crippen LogP contribution in [0.4, 0.5) is 4.79 Å². The van der Waals surface area contributed by atoms with Crippen LogP contribution in [0, 0.1) is 0 Å². The Bertz CT molecular complexity index is 182. The monoisotopic (exact) mass is 188 g/mol. The summed E-state index contributed by atoms with van der Waals surface area (Å²) in [6.45, 7) is 2.62. The highest BCUT2D eigenvalue weighted by molar-refractivity contribution is 5.72. The van der Waals surface area contributed by atoms with Gasteiger partial charge in [-0.05, 0) is 6.42 Å². The molecule has 0 bridgehead atoms. The summed E-state index contributed by atoms with van der Waals surface area (Å²) in [5.74, 6) is -0.0549. The summed E-state index contributed by atoms with van der Waals surface area (Å²) in [4.78, 5) is 22.8. The number of ether oxygens (including phenoxy) is 1. The molecule has 0 heterocycles. The van der Waals surface area contributed by atoms with E-state index in [0.717, 1.165) is 6.42 Å². The predicted octanol–water partition coefficient (Wildman–Crippen LogP) is 0.211. The lowest BCUT2D eigenvalue weighted by atomic mass is 10.4. The van der Waals surface area contributed by atoms with Crippen molar-refractivity contribution in [2.45, 2.75) is 13.3 Å². The molecule has 13 heavy (non-hydrogen) atoms. The number of rotatable bonds is 4. The molecule has 2 amide bonds. The van der Waals surface area contributed by atoms with Gasteiger partial charge in [-0.15, -0.1) is 0 Å². The van der Waals surface area contributed by atoms with Crippen molar-refractivity contribution in [3.63, 3.8) is 0 Å². The Morgan fingerprint density at radius 3 is 2.54 bits per heavy atom. The number of nitrogens with one attached hydrogen (secondary N) is 1. The van der Waals surface area contributed by atoms with Gasteiger partial charge in [-0.2, -0.15) is 0 Å². The van der Waals surface area contributed by atoms with E-state index >= 15 is 0 Å². The third-order valence-electron chi connectivity index (χ3n) is 1.53. The predicted molar refractivity (Wildman–Crippen MR) is 48.3 cm³/mol. The Kier molecular flexibility index (Phi) is 5.67. The molecule has 0 aliphatic rings. The minimum absolute atomic E-state index is 0.0549. The number of carbonyl (C=O) groups is 2. The van der Waals surface area contributed by atoms with Crippen LogP contribution in [-0.2, 0) is 9.53 Å². The third kappa shape index (κ3) is 5.95. The number of carbonyl (C=O) groups excluding carboxylic acids is 2. The molecule has 5 heteroatoms. The van der Waals surface area contributed by atoms with Gasteiger partial charge in [0.2, 0.25) is 5.91 Å². The minimum Gasteiger partial charge on any atom is -0.453 e. The lowest BCUT2D eigenvalue weighted by molar-refractivity contribution is -0.118. The second-order valence-electron chi connectivity index (χ2n) is 2.73. The van der Waals surface area contributed by atoms with Crippen LogP contribution >= 0.6 is 0 Å². The average molecular weight is 188 g/mol. The first kappa shape index (κ1) is 11.7. The van der Waals surface area contributed by atoms with Gasteiger partial charge in [0.15, 0.2) is 0 Å². The van der Waals surface area contributed by atoms with E-state index in [-0.39, 0.29) is 12.0 Å². The van der Waals surface area contributed by atoms with Crippen LogP contribution < -0.4 is 5.32 Å². The van der Waals surface area contributed by atoms with Crippen LogP contribution in [0.15, 0.2) is 0 Å². The van der Waals surface area contributed by atoms with Crippen molar-refractivity contribution in [1.82, 2.24) is 10.2 Å². The molecule has 1 N–H and O–H groups in total. The van der Waals surface area contributed by atoms with Crippen molar-refractivity contribution in [2.75, 3.05) is 27.2 Å². The second kappa shape index (κ2) is 6.28. The van der Waals surface area contributed by atoms with Crippen LogP contribution in [-0.4, -0.2) is 44.1 Å². The summed E-state index contributed by atoms with van der Waals surface area (Å²) in [7, 11) is 2.99. The first-order chi connectivity index (χ1) is 6.07. The molecule has 0 spiro atoms. The fourth-order valence-corrected chi connectivity index (χ4v) is 0.828. The van der Waals surface area contributed by atoms with E-state index in [9.17, 15) is 9.59 Å². The molecule has 0 aliphatic heterocycles. The lowest BCUT2D eigenvalue weighted by Crippen LogP contribution is -2.30. The molecule has 0 saturated carbocycles. The van der Waals surface area contributed by atoms with Crippen LogP contribution in [0.3, 0.4) is 0 Å². The van der Waals surface area contributed by atoms with E-state index in [2.05, 4.69) is 10.1 Å². The highest BCUT2D eigenvalue weighted by Crippen LogP contribution is 1.89. The van der Waals surface area contributed by atoms with E-state index in [1.807, 2.05) is 0 Å². The lowest BCUT2D eigenvalue weighted by Gasteiger charge is -2.14. The molecule has 0 fully saturated rings. The molecule has 76 valence electrons. The molecule has 0 aromatic carbocycles. The molecule has 0 aromatic heterocycles. The Labute approximate surface area is 78.0 Å². The molecule has 0 aromatic rings. The van der Waals surface area contributed by atoms with Gasteiger partial charge >= 0.3 is 6.09 Å². The van der Waals surface area contributed by atoms with Gasteiger partial charge in [0.25, 0.3) is 0 Å². The largest absolute Gasteiger partial charge is 0.453 e. The maximum atomic E-state index is 10.9. The summed E-state index contributed by atoms with van der Waals surface area (Å²) in [6.07, 6.45) is 0.369. The molecular weight excluding hydrogens is 172 g/mol. The van der Waals surface area contributed by atoms with Crippen molar-refractivity contribution in [2.24, 2.45) is 0 Å². The number of nitrogens with zero attached hydrogens (tertiary/aromatic N) is 1. The fourth-order valence-electron chi connectivity index (χ4n) is 0.828. The number of hydrogen-bond acceptors (Lipinski definition) is 3. The van der Waals surface area contributed by atoms with E-state index in [1.165, 1.54) is 18.9 Å². The fraction of sp³-hybridized carbons (Fsp3) is 0.750. The van der Waals surface area contributed by atoms with Gasteiger partial charge in [0.05, 0.1) is 7.11 Å². The molecule has 0 atom stereocenters. The maximum Gasteiger partial charge on any atom is 0.409 e. The molecule has 0 aliphatic carbocycles. The van der Waals surface area contributed by atoms with Gasteiger partial charge in [0.1, 0.15) is 0 Å².